The molecule has 1 aromatic rings. The summed E-state index contributed by atoms with van der Waals surface area (Å²) in [6.45, 7) is 3.79. The van der Waals surface area contributed by atoms with Crippen molar-refractivity contribution in [2.45, 2.75) is 50.8 Å². The molecule has 1 amide bonds. The topological polar surface area (TPSA) is 84.8 Å². The van der Waals surface area contributed by atoms with E-state index in [4.69, 9.17) is 9.97 Å². The fourth-order valence-corrected chi connectivity index (χ4v) is 4.23. The number of aliphatic hydroxyl groups is 1. The van der Waals surface area contributed by atoms with Gasteiger partial charge in [0.05, 0.1) is 24.4 Å². The van der Waals surface area contributed by atoms with Crippen molar-refractivity contribution in [3.05, 3.63) is 11.3 Å². The van der Waals surface area contributed by atoms with Crippen LogP contribution in [-0.4, -0.2) is 78.3 Å². The zero-order valence-corrected chi connectivity index (χ0v) is 16.3. The van der Waals surface area contributed by atoms with Crippen LogP contribution in [0.25, 0.3) is 0 Å². The lowest BCUT2D eigenvalue weighted by atomic mass is 10.0. The monoisotopic (exact) mass is 374 g/mol. The first-order chi connectivity index (χ1) is 13.0. The van der Waals surface area contributed by atoms with Gasteiger partial charge in [0.1, 0.15) is 5.82 Å². The highest BCUT2D eigenvalue weighted by Crippen LogP contribution is 2.31. The highest BCUT2D eigenvalue weighted by atomic mass is 16.3. The van der Waals surface area contributed by atoms with E-state index in [1.54, 1.807) is 0 Å². The molecule has 0 bridgehead atoms. The molecule has 4 heterocycles. The van der Waals surface area contributed by atoms with Crippen LogP contribution in [0, 0.1) is 0 Å². The number of amides is 1. The number of piperidine rings is 1. The Bertz CT molecular complexity index is 696. The fraction of sp³-hybridized carbons (Fsp3) is 0.737. The SMILES string of the molecule is CN(C)c1nc2c(c(N3CCC(O)CC3)n1)CN(C(=O)[C@@H]1CCCN1)CC2. The van der Waals surface area contributed by atoms with Crippen LogP contribution in [0.1, 0.15) is 36.9 Å². The zero-order chi connectivity index (χ0) is 19.0. The van der Waals surface area contributed by atoms with Crippen molar-refractivity contribution in [2.75, 3.05) is 50.1 Å². The maximum absolute atomic E-state index is 12.9. The van der Waals surface area contributed by atoms with E-state index in [1.165, 1.54) is 0 Å². The summed E-state index contributed by atoms with van der Waals surface area (Å²) in [5, 5.41) is 13.2. The lowest BCUT2D eigenvalue weighted by molar-refractivity contribution is -0.134. The molecule has 0 aromatic carbocycles. The standard InChI is InChI=1S/C19H30N6O2/c1-23(2)19-21-15-7-11-25(18(27)16-4-3-8-20-16)12-14(15)17(22-19)24-9-5-13(26)6-10-24/h13,16,20,26H,3-12H2,1-2H3/t16-/m0/s1. The molecule has 1 aromatic heterocycles. The number of aliphatic hydroxyl groups excluding tert-OH is 1. The average molecular weight is 374 g/mol. The summed E-state index contributed by atoms with van der Waals surface area (Å²) in [4.78, 5) is 28.6. The van der Waals surface area contributed by atoms with E-state index < -0.39 is 0 Å². The van der Waals surface area contributed by atoms with Crippen LogP contribution in [0.2, 0.25) is 0 Å². The zero-order valence-electron chi connectivity index (χ0n) is 16.3. The molecule has 0 spiro atoms. The molecule has 27 heavy (non-hydrogen) atoms. The van der Waals surface area contributed by atoms with Gasteiger partial charge in [-0.2, -0.15) is 4.98 Å². The number of rotatable bonds is 3. The van der Waals surface area contributed by atoms with Gasteiger partial charge in [-0.25, -0.2) is 4.98 Å². The van der Waals surface area contributed by atoms with Gasteiger partial charge in [-0.15, -0.1) is 0 Å². The highest BCUT2D eigenvalue weighted by Gasteiger charge is 2.33. The summed E-state index contributed by atoms with van der Waals surface area (Å²) in [6, 6.07) is -0.0397. The summed E-state index contributed by atoms with van der Waals surface area (Å²) in [7, 11) is 3.91. The number of aromatic nitrogens is 2. The smallest absolute Gasteiger partial charge is 0.240 e. The Hall–Kier alpha value is -1.93. The van der Waals surface area contributed by atoms with Gasteiger partial charge in [-0.05, 0) is 32.2 Å². The van der Waals surface area contributed by atoms with Gasteiger partial charge in [0.25, 0.3) is 0 Å². The highest BCUT2D eigenvalue weighted by molar-refractivity contribution is 5.82. The van der Waals surface area contributed by atoms with Crippen molar-refractivity contribution in [1.82, 2.24) is 20.2 Å². The molecule has 0 aliphatic carbocycles. The van der Waals surface area contributed by atoms with Gasteiger partial charge in [0.2, 0.25) is 11.9 Å². The van der Waals surface area contributed by atoms with Gasteiger partial charge >= 0.3 is 0 Å². The molecule has 0 unspecified atom stereocenters. The first-order valence-corrected chi connectivity index (χ1v) is 10.0. The second-order valence-electron chi connectivity index (χ2n) is 8.04. The molecule has 2 N–H and O–H groups in total. The van der Waals surface area contributed by atoms with Crippen LogP contribution in [0.4, 0.5) is 11.8 Å². The molecule has 8 nitrogen and oxygen atoms in total. The average Bonchev–Trinajstić information content (AvgIpc) is 3.21. The fourth-order valence-electron chi connectivity index (χ4n) is 4.23. The lowest BCUT2D eigenvalue weighted by Crippen LogP contribution is -2.46. The molecule has 3 aliphatic rings. The number of carbonyl (C=O) groups is 1. The molecular formula is C19H30N6O2. The molecule has 0 radical (unpaired) electrons. The third kappa shape index (κ3) is 3.73. The Morgan fingerprint density at radius 2 is 1.96 bits per heavy atom. The van der Waals surface area contributed by atoms with Crippen LogP contribution in [0.15, 0.2) is 0 Å². The Labute approximate surface area is 160 Å². The Kier molecular flexibility index (Phi) is 5.19. The molecule has 4 rings (SSSR count). The van der Waals surface area contributed by atoms with E-state index in [0.29, 0.717) is 19.0 Å². The largest absolute Gasteiger partial charge is 0.393 e. The molecule has 0 saturated carbocycles. The molecule has 2 fully saturated rings. The number of carbonyl (C=O) groups excluding carboxylic acids is 1. The van der Waals surface area contributed by atoms with E-state index in [0.717, 1.165) is 68.8 Å². The van der Waals surface area contributed by atoms with Gasteiger partial charge < -0.3 is 25.1 Å². The van der Waals surface area contributed by atoms with E-state index in [1.807, 2.05) is 23.9 Å². The minimum Gasteiger partial charge on any atom is -0.393 e. The van der Waals surface area contributed by atoms with Crippen molar-refractivity contribution in [2.24, 2.45) is 0 Å². The van der Waals surface area contributed by atoms with E-state index in [2.05, 4.69) is 10.2 Å². The minimum absolute atomic E-state index is 0.0397. The Morgan fingerprint density at radius 1 is 1.19 bits per heavy atom. The predicted octanol–water partition coefficient (Wildman–Crippen LogP) is 0.140. The number of hydrogen-bond donors (Lipinski definition) is 2. The number of fused-ring (bicyclic) bond motifs is 1. The third-order valence-corrected chi connectivity index (χ3v) is 5.86. The predicted molar refractivity (Wildman–Crippen MR) is 104 cm³/mol. The maximum atomic E-state index is 12.9. The Morgan fingerprint density at radius 3 is 2.63 bits per heavy atom. The first kappa shape index (κ1) is 18.4. The van der Waals surface area contributed by atoms with E-state index in [-0.39, 0.29) is 18.1 Å². The third-order valence-electron chi connectivity index (χ3n) is 5.86. The summed E-state index contributed by atoms with van der Waals surface area (Å²) < 4.78 is 0. The van der Waals surface area contributed by atoms with Gasteiger partial charge in [-0.3, -0.25) is 4.79 Å². The van der Waals surface area contributed by atoms with Crippen LogP contribution < -0.4 is 15.1 Å². The molecule has 3 aliphatic heterocycles. The van der Waals surface area contributed by atoms with Crippen molar-refractivity contribution in [3.8, 4) is 0 Å². The van der Waals surface area contributed by atoms with Crippen molar-refractivity contribution < 1.29 is 9.90 Å². The second kappa shape index (κ2) is 7.59. The molecule has 8 heteroatoms. The quantitative estimate of drug-likeness (QED) is 0.778. The van der Waals surface area contributed by atoms with Gasteiger partial charge in [0, 0.05) is 45.7 Å². The van der Waals surface area contributed by atoms with Crippen molar-refractivity contribution in [3.63, 3.8) is 0 Å². The van der Waals surface area contributed by atoms with Crippen LogP contribution in [0.5, 0.6) is 0 Å². The van der Waals surface area contributed by atoms with Crippen molar-refractivity contribution >= 4 is 17.7 Å². The summed E-state index contributed by atoms with van der Waals surface area (Å²) in [6.07, 6.45) is 4.04. The lowest BCUT2D eigenvalue weighted by Gasteiger charge is -2.36. The molecule has 2 saturated heterocycles. The molecular weight excluding hydrogens is 344 g/mol. The number of nitrogens with one attached hydrogen (secondary N) is 1. The molecule has 148 valence electrons. The molecule has 1 atom stereocenters. The van der Waals surface area contributed by atoms with Crippen LogP contribution in [-0.2, 0) is 17.8 Å². The van der Waals surface area contributed by atoms with E-state index in [9.17, 15) is 9.90 Å². The van der Waals surface area contributed by atoms with Crippen LogP contribution >= 0.6 is 0 Å². The normalized spacial score (nSPS) is 23.4. The number of nitrogens with zero attached hydrogens (tertiary/aromatic N) is 5. The first-order valence-electron chi connectivity index (χ1n) is 10.0. The minimum atomic E-state index is -0.223. The van der Waals surface area contributed by atoms with E-state index >= 15 is 0 Å². The van der Waals surface area contributed by atoms with Gasteiger partial charge in [-0.1, -0.05) is 0 Å². The summed E-state index contributed by atoms with van der Waals surface area (Å²) in [5.74, 6) is 1.86. The van der Waals surface area contributed by atoms with Gasteiger partial charge in [0.15, 0.2) is 0 Å². The second-order valence-corrected chi connectivity index (χ2v) is 8.04. The van der Waals surface area contributed by atoms with Crippen LogP contribution in [0.3, 0.4) is 0 Å². The maximum Gasteiger partial charge on any atom is 0.240 e. The van der Waals surface area contributed by atoms with Crippen molar-refractivity contribution in [1.29, 1.82) is 0 Å². The summed E-state index contributed by atoms with van der Waals surface area (Å²) >= 11 is 0. The number of anilines is 2. The number of hydrogen-bond acceptors (Lipinski definition) is 7. The Balaban J connectivity index is 1.62. The summed E-state index contributed by atoms with van der Waals surface area (Å²) in [5.41, 5.74) is 2.13.